The summed E-state index contributed by atoms with van der Waals surface area (Å²) in [6.45, 7) is 1.90. The van der Waals surface area contributed by atoms with Gasteiger partial charge in [0.1, 0.15) is 12.6 Å². The molecule has 3 aromatic rings. The average molecular weight is 542 g/mol. The molecule has 1 aliphatic heterocycles. The van der Waals surface area contributed by atoms with Crippen molar-refractivity contribution in [1.82, 2.24) is 15.1 Å². The van der Waals surface area contributed by atoms with Crippen molar-refractivity contribution in [3.63, 3.8) is 0 Å². The van der Waals surface area contributed by atoms with Crippen LogP contribution in [0, 0.1) is 5.92 Å². The highest BCUT2D eigenvalue weighted by molar-refractivity contribution is 5.86. The maximum atomic E-state index is 13.6. The Bertz CT molecular complexity index is 1320. The first-order chi connectivity index (χ1) is 19.4. The summed E-state index contributed by atoms with van der Waals surface area (Å²) in [5, 5.41) is 12.0. The molecular weight excluding hydrogens is 506 g/mol. The van der Waals surface area contributed by atoms with Crippen LogP contribution in [0.5, 0.6) is 0 Å². The van der Waals surface area contributed by atoms with Crippen molar-refractivity contribution in [2.45, 2.75) is 31.3 Å². The lowest BCUT2D eigenvalue weighted by Gasteiger charge is -2.28. The fraction of sp³-hybridized carbons (Fsp3) is 0.344. The van der Waals surface area contributed by atoms with Gasteiger partial charge in [-0.05, 0) is 47.2 Å². The molecule has 1 heterocycles. The van der Waals surface area contributed by atoms with Gasteiger partial charge in [0.25, 0.3) is 0 Å². The van der Waals surface area contributed by atoms with Gasteiger partial charge >= 0.3 is 12.1 Å². The number of aliphatic carboxylic acids is 1. The minimum absolute atomic E-state index is 0.0299. The highest BCUT2D eigenvalue weighted by Gasteiger charge is 2.34. The van der Waals surface area contributed by atoms with Crippen LogP contribution in [0.25, 0.3) is 11.1 Å². The summed E-state index contributed by atoms with van der Waals surface area (Å²) in [6.07, 6.45) is 0.0205. The van der Waals surface area contributed by atoms with Gasteiger partial charge in [0, 0.05) is 38.5 Å². The summed E-state index contributed by atoms with van der Waals surface area (Å²) >= 11 is 0. The van der Waals surface area contributed by atoms with Crippen LogP contribution in [0.1, 0.15) is 35.4 Å². The summed E-state index contributed by atoms with van der Waals surface area (Å²) in [6, 6.07) is 25.4. The Kier molecular flexibility index (Phi) is 8.45. The molecule has 1 saturated heterocycles. The van der Waals surface area contributed by atoms with E-state index < -0.39 is 18.1 Å². The molecule has 1 fully saturated rings. The lowest BCUT2D eigenvalue weighted by atomic mass is 9.98. The zero-order valence-corrected chi connectivity index (χ0v) is 22.7. The van der Waals surface area contributed by atoms with Gasteiger partial charge in [-0.2, -0.15) is 0 Å². The predicted molar refractivity (Wildman–Crippen MR) is 152 cm³/mol. The number of hydrogen-bond donors (Lipinski definition) is 2. The second-order valence-corrected chi connectivity index (χ2v) is 10.7. The average Bonchev–Trinajstić information content (AvgIpc) is 3.54. The Morgan fingerprint density at radius 1 is 0.975 bits per heavy atom. The van der Waals surface area contributed by atoms with Crippen LogP contribution in [0.3, 0.4) is 0 Å². The number of nitrogens with one attached hydrogen (secondary N) is 1. The molecule has 1 aliphatic carbocycles. The molecule has 0 radical (unpaired) electrons. The molecule has 2 aliphatic rings. The Morgan fingerprint density at radius 2 is 1.60 bits per heavy atom. The third-order valence-corrected chi connectivity index (χ3v) is 7.78. The van der Waals surface area contributed by atoms with Gasteiger partial charge in [0.2, 0.25) is 5.91 Å². The third kappa shape index (κ3) is 6.34. The number of fused-ring (bicyclic) bond motifs is 3. The number of alkyl carbamates (subject to hydrolysis) is 1. The molecule has 0 bridgehead atoms. The lowest BCUT2D eigenvalue weighted by molar-refractivity contribution is -0.138. The molecule has 40 heavy (non-hydrogen) atoms. The minimum Gasteiger partial charge on any atom is -0.481 e. The molecule has 2 atom stereocenters. The first-order valence-electron chi connectivity index (χ1n) is 13.7. The van der Waals surface area contributed by atoms with Gasteiger partial charge in [-0.15, -0.1) is 0 Å². The second-order valence-electron chi connectivity index (χ2n) is 10.7. The van der Waals surface area contributed by atoms with E-state index in [0.29, 0.717) is 26.1 Å². The molecular formula is C32H35N3O5. The Balaban J connectivity index is 1.26. The van der Waals surface area contributed by atoms with E-state index in [1.165, 1.54) is 0 Å². The van der Waals surface area contributed by atoms with Crippen molar-refractivity contribution in [3.8, 4) is 11.1 Å². The van der Waals surface area contributed by atoms with Crippen molar-refractivity contribution in [3.05, 3.63) is 95.6 Å². The smallest absolute Gasteiger partial charge is 0.407 e. The molecule has 8 nitrogen and oxygen atoms in total. The van der Waals surface area contributed by atoms with E-state index in [2.05, 4.69) is 29.6 Å². The molecule has 5 rings (SSSR count). The van der Waals surface area contributed by atoms with Crippen LogP contribution >= 0.6 is 0 Å². The van der Waals surface area contributed by atoms with Crippen molar-refractivity contribution in [1.29, 1.82) is 0 Å². The van der Waals surface area contributed by atoms with E-state index in [0.717, 1.165) is 27.8 Å². The fourth-order valence-corrected chi connectivity index (χ4v) is 5.91. The van der Waals surface area contributed by atoms with Crippen LogP contribution in [-0.2, 0) is 20.9 Å². The Morgan fingerprint density at radius 3 is 2.25 bits per heavy atom. The number of nitrogens with zero attached hydrogens (tertiary/aromatic N) is 2. The number of ether oxygens (including phenoxy) is 1. The number of likely N-dealkylation sites (tertiary alicyclic amines) is 1. The van der Waals surface area contributed by atoms with Crippen molar-refractivity contribution in [2.75, 3.05) is 33.3 Å². The highest BCUT2D eigenvalue weighted by Crippen LogP contribution is 2.44. The standard InChI is InChI=1S/C32H35N3O5/c1-34(18-22-9-3-2-4-10-22)20-29(31(38)35-16-15-23(19-35)17-30(36)37)33-32(39)40-21-28-26-13-7-5-11-24(26)25-12-6-8-14-27(25)28/h2-14,23,28-29H,15-21H2,1H3,(H,33,39)(H,36,37). The van der Waals surface area contributed by atoms with Crippen molar-refractivity contribution >= 4 is 18.0 Å². The van der Waals surface area contributed by atoms with Gasteiger partial charge in [-0.1, -0.05) is 78.9 Å². The normalized spacial score (nSPS) is 16.9. The van der Waals surface area contributed by atoms with Gasteiger partial charge in [-0.25, -0.2) is 4.79 Å². The number of likely N-dealkylation sites (N-methyl/N-ethyl adjacent to an activating group) is 1. The first kappa shape index (κ1) is 27.4. The van der Waals surface area contributed by atoms with E-state index in [-0.39, 0.29) is 37.3 Å². The number of carboxylic acids is 1. The monoisotopic (exact) mass is 541 g/mol. The molecule has 0 saturated carbocycles. The topological polar surface area (TPSA) is 99.2 Å². The Hall–Kier alpha value is -4.17. The van der Waals surface area contributed by atoms with E-state index in [4.69, 9.17) is 4.74 Å². The number of amides is 2. The maximum Gasteiger partial charge on any atom is 0.407 e. The van der Waals surface area contributed by atoms with Crippen LogP contribution in [0.2, 0.25) is 0 Å². The van der Waals surface area contributed by atoms with E-state index in [1.807, 2.05) is 66.5 Å². The molecule has 208 valence electrons. The first-order valence-corrected chi connectivity index (χ1v) is 13.7. The maximum absolute atomic E-state index is 13.6. The fourth-order valence-electron chi connectivity index (χ4n) is 5.91. The lowest BCUT2D eigenvalue weighted by Crippen LogP contribution is -2.53. The van der Waals surface area contributed by atoms with Crippen molar-refractivity contribution in [2.24, 2.45) is 5.92 Å². The summed E-state index contributed by atoms with van der Waals surface area (Å²) in [7, 11) is 1.91. The summed E-state index contributed by atoms with van der Waals surface area (Å²) in [5.41, 5.74) is 5.63. The zero-order chi connectivity index (χ0) is 28.1. The molecule has 0 spiro atoms. The van der Waals surface area contributed by atoms with E-state index in [9.17, 15) is 19.5 Å². The predicted octanol–water partition coefficient (Wildman–Crippen LogP) is 4.35. The zero-order valence-electron chi connectivity index (χ0n) is 22.7. The summed E-state index contributed by atoms with van der Waals surface area (Å²) < 4.78 is 5.74. The highest BCUT2D eigenvalue weighted by atomic mass is 16.5. The largest absolute Gasteiger partial charge is 0.481 e. The van der Waals surface area contributed by atoms with Gasteiger partial charge in [-0.3, -0.25) is 14.5 Å². The molecule has 0 aromatic heterocycles. The van der Waals surface area contributed by atoms with E-state index in [1.54, 1.807) is 4.90 Å². The van der Waals surface area contributed by atoms with Gasteiger partial charge < -0.3 is 20.1 Å². The quantitative estimate of drug-likeness (QED) is 0.396. The number of carbonyl (C=O) groups excluding carboxylic acids is 2. The molecule has 2 N–H and O–H groups in total. The van der Waals surface area contributed by atoms with Gasteiger partial charge in [0.15, 0.2) is 0 Å². The van der Waals surface area contributed by atoms with Gasteiger partial charge in [0.05, 0.1) is 0 Å². The number of hydrogen-bond acceptors (Lipinski definition) is 5. The van der Waals surface area contributed by atoms with Crippen LogP contribution in [-0.4, -0.2) is 72.2 Å². The summed E-state index contributed by atoms with van der Waals surface area (Å²) in [4.78, 5) is 41.5. The third-order valence-electron chi connectivity index (χ3n) is 7.78. The number of carboxylic acid groups (broad SMARTS) is 1. The number of carbonyl (C=O) groups is 3. The van der Waals surface area contributed by atoms with Crippen molar-refractivity contribution < 1.29 is 24.2 Å². The number of benzene rings is 3. The molecule has 3 aromatic carbocycles. The Labute approximate surface area is 234 Å². The minimum atomic E-state index is -0.866. The molecule has 8 heteroatoms. The van der Waals surface area contributed by atoms with Crippen LogP contribution < -0.4 is 5.32 Å². The summed E-state index contributed by atoms with van der Waals surface area (Å²) in [5.74, 6) is -1.25. The molecule has 2 amide bonds. The van der Waals surface area contributed by atoms with Crippen LogP contribution in [0.15, 0.2) is 78.9 Å². The van der Waals surface area contributed by atoms with Crippen LogP contribution in [0.4, 0.5) is 4.79 Å². The second kappa shape index (κ2) is 12.3. The molecule has 2 unspecified atom stereocenters. The SMILES string of the molecule is CN(Cc1ccccc1)CC(NC(=O)OCC1c2ccccc2-c2ccccc21)C(=O)N1CCC(CC(=O)O)C1. The number of rotatable bonds is 10. The van der Waals surface area contributed by atoms with E-state index >= 15 is 0 Å².